The van der Waals surface area contributed by atoms with E-state index in [1.165, 1.54) is 13.0 Å². The van der Waals surface area contributed by atoms with Crippen LogP contribution in [0.15, 0.2) is 17.0 Å². The predicted octanol–water partition coefficient (Wildman–Crippen LogP) is 1.34. The highest BCUT2D eigenvalue weighted by molar-refractivity contribution is 7.89. The van der Waals surface area contributed by atoms with Crippen LogP contribution in [0.2, 0.25) is 0 Å². The van der Waals surface area contributed by atoms with E-state index in [1.54, 1.807) is 6.92 Å². The van der Waals surface area contributed by atoms with E-state index in [0.717, 1.165) is 6.07 Å². The lowest BCUT2D eigenvalue weighted by molar-refractivity contribution is -0.385. The van der Waals surface area contributed by atoms with Gasteiger partial charge in [-0.2, -0.15) is 0 Å². The Balaban J connectivity index is 3.26. The second-order valence-corrected chi connectivity index (χ2v) is 5.45. The molecule has 0 atom stereocenters. The summed E-state index contributed by atoms with van der Waals surface area (Å²) in [5.74, 6) is 5.46. The van der Waals surface area contributed by atoms with Gasteiger partial charge < -0.3 is 4.74 Å². The average Bonchev–Trinajstić information content (AvgIpc) is 2.34. The van der Waals surface area contributed by atoms with Gasteiger partial charge in [-0.1, -0.05) is 0 Å². The first kappa shape index (κ1) is 15.9. The highest BCUT2D eigenvalue weighted by atomic mass is 32.2. The largest absolute Gasteiger partial charge is 0.491 e. The van der Waals surface area contributed by atoms with Crippen LogP contribution >= 0.6 is 0 Å². The van der Waals surface area contributed by atoms with Crippen molar-refractivity contribution in [2.45, 2.75) is 25.2 Å². The van der Waals surface area contributed by atoms with Crippen LogP contribution in [0.5, 0.6) is 5.75 Å². The summed E-state index contributed by atoms with van der Waals surface area (Å²) >= 11 is 0. The predicted molar refractivity (Wildman–Crippen MR) is 72.8 cm³/mol. The molecule has 0 aliphatic heterocycles. The minimum atomic E-state index is -4.12. The second-order valence-electron chi connectivity index (χ2n) is 3.92. The highest BCUT2D eigenvalue weighted by Gasteiger charge is 2.22. The molecule has 0 heterocycles. The van der Waals surface area contributed by atoms with Gasteiger partial charge in [0.2, 0.25) is 10.0 Å². The van der Waals surface area contributed by atoms with Crippen LogP contribution in [0.25, 0.3) is 0 Å². The van der Waals surface area contributed by atoms with Gasteiger partial charge in [-0.05, 0) is 19.4 Å². The minimum absolute atomic E-state index is 0.0241. The summed E-state index contributed by atoms with van der Waals surface area (Å²) in [6.07, 6.45) is 0.414. The van der Waals surface area contributed by atoms with Gasteiger partial charge in [-0.25, -0.2) is 13.6 Å². The van der Waals surface area contributed by atoms with Crippen molar-refractivity contribution >= 4 is 15.7 Å². The Kier molecular flexibility index (Phi) is 5.07. The SMILES string of the molecule is CC#CCCOc1c(C)cc([N+](=O)[O-])cc1S(N)(=O)=O. The fraction of sp³-hybridized carbons (Fsp3) is 0.333. The molecule has 0 aliphatic rings. The van der Waals surface area contributed by atoms with Gasteiger partial charge in [0.25, 0.3) is 5.69 Å². The number of rotatable bonds is 5. The molecule has 0 saturated carbocycles. The van der Waals surface area contributed by atoms with E-state index >= 15 is 0 Å². The maximum Gasteiger partial charge on any atom is 0.271 e. The normalized spacial score (nSPS) is 10.6. The molecule has 0 spiro atoms. The van der Waals surface area contributed by atoms with Crippen molar-refractivity contribution in [2.75, 3.05) is 6.61 Å². The van der Waals surface area contributed by atoms with Crippen LogP contribution in [0, 0.1) is 28.9 Å². The Morgan fingerprint density at radius 1 is 1.45 bits per heavy atom. The zero-order valence-corrected chi connectivity index (χ0v) is 11.9. The third-order valence-electron chi connectivity index (χ3n) is 2.39. The summed E-state index contributed by atoms with van der Waals surface area (Å²) in [6.45, 7) is 3.36. The zero-order chi connectivity index (χ0) is 15.3. The number of nitrogens with two attached hydrogens (primary N) is 1. The van der Waals surface area contributed by atoms with Gasteiger partial charge >= 0.3 is 0 Å². The van der Waals surface area contributed by atoms with Crippen LogP contribution < -0.4 is 9.88 Å². The number of sulfonamides is 1. The molecule has 7 nitrogen and oxygen atoms in total. The number of nitro groups is 1. The van der Waals surface area contributed by atoms with Crippen molar-refractivity contribution in [3.05, 3.63) is 27.8 Å². The Morgan fingerprint density at radius 3 is 2.60 bits per heavy atom. The molecule has 8 heteroatoms. The average molecular weight is 298 g/mol. The molecule has 1 aromatic carbocycles. The fourth-order valence-electron chi connectivity index (χ4n) is 1.55. The number of benzene rings is 1. The van der Waals surface area contributed by atoms with Crippen LogP contribution in [0.4, 0.5) is 5.69 Å². The maximum atomic E-state index is 11.5. The Morgan fingerprint density at radius 2 is 2.10 bits per heavy atom. The monoisotopic (exact) mass is 298 g/mol. The molecule has 2 N–H and O–H groups in total. The summed E-state index contributed by atoms with van der Waals surface area (Å²) in [5, 5.41) is 15.8. The van der Waals surface area contributed by atoms with Crippen LogP contribution in [-0.4, -0.2) is 19.9 Å². The van der Waals surface area contributed by atoms with Gasteiger partial charge in [0.1, 0.15) is 10.6 Å². The molecule has 0 unspecified atom stereocenters. The van der Waals surface area contributed by atoms with Crippen molar-refractivity contribution in [3.8, 4) is 17.6 Å². The molecule has 108 valence electrons. The Labute approximate surface area is 116 Å². The molecule has 0 saturated heterocycles. The third-order valence-corrected chi connectivity index (χ3v) is 3.31. The molecular formula is C12H14N2O5S. The number of ether oxygens (including phenoxy) is 1. The van der Waals surface area contributed by atoms with E-state index in [0.29, 0.717) is 12.0 Å². The van der Waals surface area contributed by atoms with Gasteiger partial charge in [0.05, 0.1) is 11.5 Å². The van der Waals surface area contributed by atoms with Gasteiger partial charge in [-0.3, -0.25) is 10.1 Å². The van der Waals surface area contributed by atoms with Crippen LogP contribution in [-0.2, 0) is 10.0 Å². The molecular weight excluding hydrogens is 284 g/mol. The molecule has 0 bridgehead atoms. The van der Waals surface area contributed by atoms with E-state index in [1.807, 2.05) is 0 Å². The van der Waals surface area contributed by atoms with E-state index in [-0.39, 0.29) is 18.0 Å². The number of hydrogen-bond acceptors (Lipinski definition) is 5. The summed E-state index contributed by atoms with van der Waals surface area (Å²) in [6, 6.07) is 2.12. The highest BCUT2D eigenvalue weighted by Crippen LogP contribution is 2.31. The topological polar surface area (TPSA) is 113 Å². The molecule has 1 aromatic rings. The molecule has 0 aliphatic carbocycles. The van der Waals surface area contributed by atoms with E-state index < -0.39 is 19.8 Å². The lowest BCUT2D eigenvalue weighted by Crippen LogP contribution is -2.15. The molecule has 1 rings (SSSR count). The van der Waals surface area contributed by atoms with Crippen molar-refractivity contribution < 1.29 is 18.1 Å². The van der Waals surface area contributed by atoms with Crippen molar-refractivity contribution in [1.29, 1.82) is 0 Å². The molecule has 0 aromatic heterocycles. The van der Waals surface area contributed by atoms with Crippen molar-refractivity contribution in [2.24, 2.45) is 5.14 Å². The summed E-state index contributed by atoms with van der Waals surface area (Å²) in [4.78, 5) is 9.67. The Hall–Kier alpha value is -2.11. The molecule has 0 fully saturated rings. The van der Waals surface area contributed by atoms with Gasteiger partial charge in [-0.15, -0.1) is 11.8 Å². The first-order valence-corrected chi connectivity index (χ1v) is 7.16. The molecule has 20 heavy (non-hydrogen) atoms. The van der Waals surface area contributed by atoms with Crippen molar-refractivity contribution in [3.63, 3.8) is 0 Å². The fourth-order valence-corrected chi connectivity index (χ4v) is 2.32. The van der Waals surface area contributed by atoms with Crippen molar-refractivity contribution in [1.82, 2.24) is 0 Å². The lowest BCUT2D eigenvalue weighted by Gasteiger charge is -2.12. The maximum absolute atomic E-state index is 11.5. The lowest BCUT2D eigenvalue weighted by atomic mass is 10.2. The number of hydrogen-bond donors (Lipinski definition) is 1. The standard InChI is InChI=1S/C12H14N2O5S/c1-3-4-5-6-19-12-9(2)7-10(14(15)16)8-11(12)20(13,17)18/h7-8H,5-6H2,1-2H3,(H2,13,17,18). The summed E-state index contributed by atoms with van der Waals surface area (Å²) in [5.41, 5.74) is -0.0279. The number of primary sulfonamides is 1. The first-order chi connectivity index (χ1) is 9.27. The number of nitrogens with zero attached hydrogens (tertiary/aromatic N) is 1. The quantitative estimate of drug-likeness (QED) is 0.381. The molecule has 0 radical (unpaired) electrons. The first-order valence-electron chi connectivity index (χ1n) is 5.61. The number of aryl methyl sites for hydroxylation is 1. The second kappa shape index (κ2) is 6.36. The van der Waals surface area contributed by atoms with Crippen LogP contribution in [0.3, 0.4) is 0 Å². The third kappa shape index (κ3) is 3.94. The minimum Gasteiger partial charge on any atom is -0.491 e. The van der Waals surface area contributed by atoms with Gasteiger partial charge in [0.15, 0.2) is 0 Å². The summed E-state index contributed by atoms with van der Waals surface area (Å²) in [7, 11) is -4.12. The van der Waals surface area contributed by atoms with E-state index in [9.17, 15) is 18.5 Å². The zero-order valence-electron chi connectivity index (χ0n) is 11.0. The van der Waals surface area contributed by atoms with Gasteiger partial charge in [0, 0.05) is 18.6 Å². The number of non-ortho nitro benzene ring substituents is 1. The molecule has 0 amide bonds. The number of nitro benzene ring substituents is 1. The Bertz CT molecular complexity index is 686. The van der Waals surface area contributed by atoms with Crippen LogP contribution in [0.1, 0.15) is 18.9 Å². The van der Waals surface area contributed by atoms with E-state index in [4.69, 9.17) is 9.88 Å². The van der Waals surface area contributed by atoms with E-state index in [2.05, 4.69) is 11.8 Å². The smallest absolute Gasteiger partial charge is 0.271 e. The summed E-state index contributed by atoms with van der Waals surface area (Å²) < 4.78 is 28.4.